The molecular formula is C20H18N4O6. The fourth-order valence-electron chi connectivity index (χ4n) is 5.59. The van der Waals surface area contributed by atoms with E-state index in [1.54, 1.807) is 34.3 Å². The van der Waals surface area contributed by atoms with Gasteiger partial charge in [0.2, 0.25) is 23.6 Å². The first kappa shape index (κ1) is 17.6. The molecule has 0 unspecified atom stereocenters. The highest BCUT2D eigenvalue weighted by Crippen LogP contribution is 2.58. The molecule has 2 aromatic rings. The van der Waals surface area contributed by atoms with Crippen molar-refractivity contribution in [2.45, 2.75) is 24.2 Å². The summed E-state index contributed by atoms with van der Waals surface area (Å²) in [5, 5.41) is 3.44. The number of carbonyl (C=O) groups is 4. The van der Waals surface area contributed by atoms with Gasteiger partial charge in [-0.15, -0.1) is 0 Å². The molecule has 2 aromatic heterocycles. The van der Waals surface area contributed by atoms with E-state index in [-0.39, 0.29) is 23.6 Å². The van der Waals surface area contributed by atoms with E-state index in [0.717, 1.165) is 9.80 Å². The predicted molar refractivity (Wildman–Crippen MR) is 96.7 cm³/mol. The number of carbonyl (C=O) groups excluding carboxylic acids is 4. The average Bonchev–Trinajstić information content (AvgIpc) is 3.54. The van der Waals surface area contributed by atoms with Gasteiger partial charge < -0.3 is 8.83 Å². The molecule has 0 radical (unpaired) electrons. The Morgan fingerprint density at radius 2 is 1.03 bits per heavy atom. The van der Waals surface area contributed by atoms with Gasteiger partial charge in [0.15, 0.2) is 0 Å². The highest BCUT2D eigenvalue weighted by molar-refractivity contribution is 6.10. The zero-order valence-electron chi connectivity index (χ0n) is 16.2. The van der Waals surface area contributed by atoms with Gasteiger partial charge in [-0.2, -0.15) is 0 Å². The zero-order chi connectivity index (χ0) is 20.9. The Morgan fingerprint density at radius 1 is 0.633 bits per heavy atom. The van der Waals surface area contributed by atoms with Crippen molar-refractivity contribution in [2.75, 3.05) is 14.1 Å². The highest BCUT2D eigenvalue weighted by atomic mass is 16.3. The third kappa shape index (κ3) is 1.86. The van der Waals surface area contributed by atoms with Crippen LogP contribution in [0.2, 0.25) is 0 Å². The number of hydrogen-bond acceptors (Lipinski definition) is 8. The van der Waals surface area contributed by atoms with Crippen LogP contribution in [0.4, 0.5) is 0 Å². The van der Waals surface area contributed by atoms with Crippen LogP contribution in [-0.2, 0) is 19.2 Å². The normalized spacial score (nSPS) is 36.2. The lowest BCUT2D eigenvalue weighted by atomic mass is 9.87. The lowest BCUT2D eigenvalue weighted by molar-refractivity contribution is -0.152. The second-order valence-corrected chi connectivity index (χ2v) is 8.09. The maximum atomic E-state index is 13.1. The fraction of sp³-hybridized carbons (Fsp3) is 0.400. The zero-order valence-corrected chi connectivity index (χ0v) is 16.2. The summed E-state index contributed by atoms with van der Waals surface area (Å²) in [7, 11) is 2.91. The highest BCUT2D eigenvalue weighted by Gasteiger charge is 2.73. The molecule has 6 atom stereocenters. The molecule has 6 rings (SSSR count). The molecule has 0 spiro atoms. The molecule has 0 aromatic carbocycles. The van der Waals surface area contributed by atoms with Crippen LogP contribution in [0.3, 0.4) is 0 Å². The van der Waals surface area contributed by atoms with E-state index in [9.17, 15) is 19.2 Å². The first-order chi connectivity index (χ1) is 14.4. The monoisotopic (exact) mass is 410 g/mol. The van der Waals surface area contributed by atoms with E-state index in [4.69, 9.17) is 8.83 Å². The molecule has 0 bridgehead atoms. The minimum Gasteiger partial charge on any atom is -0.468 e. The van der Waals surface area contributed by atoms with Crippen LogP contribution >= 0.6 is 0 Å². The molecule has 10 nitrogen and oxygen atoms in total. The maximum Gasteiger partial charge on any atom is 0.248 e. The van der Waals surface area contributed by atoms with E-state index < -0.39 is 36.0 Å². The van der Waals surface area contributed by atoms with Crippen LogP contribution in [-0.4, -0.2) is 69.6 Å². The second-order valence-electron chi connectivity index (χ2n) is 8.09. The SMILES string of the molecule is CN1C(=O)[C@H]2[C@@H](C1=O)N1[C@@H](c3ccco3)[C@H]3C(=O)N(C)C(=O)[C@@H]3N1[C@H]2c1ccco1. The van der Waals surface area contributed by atoms with Gasteiger partial charge >= 0.3 is 0 Å². The van der Waals surface area contributed by atoms with Crippen LogP contribution in [0.1, 0.15) is 23.6 Å². The predicted octanol–water partition coefficient (Wildman–Crippen LogP) is 0.168. The number of imide groups is 2. The van der Waals surface area contributed by atoms with E-state index in [0.29, 0.717) is 11.5 Å². The topological polar surface area (TPSA) is 108 Å². The van der Waals surface area contributed by atoms with Gasteiger partial charge in [-0.25, -0.2) is 10.0 Å². The lowest BCUT2D eigenvalue weighted by Gasteiger charge is -2.33. The van der Waals surface area contributed by atoms with Gasteiger partial charge in [-0.05, 0) is 24.3 Å². The van der Waals surface area contributed by atoms with Crippen molar-refractivity contribution in [1.82, 2.24) is 19.8 Å². The molecule has 6 heterocycles. The molecule has 4 saturated heterocycles. The number of hydrazine groups is 1. The number of fused-ring (bicyclic) bond motifs is 5. The van der Waals surface area contributed by atoms with Crippen molar-refractivity contribution in [3.8, 4) is 0 Å². The van der Waals surface area contributed by atoms with E-state index in [2.05, 4.69) is 0 Å². The molecule has 4 fully saturated rings. The van der Waals surface area contributed by atoms with Gasteiger partial charge in [-0.3, -0.25) is 29.0 Å². The molecule has 0 N–H and O–H groups in total. The Kier molecular flexibility index (Phi) is 3.33. The summed E-state index contributed by atoms with van der Waals surface area (Å²) in [6.07, 6.45) is 2.98. The third-order valence-corrected chi connectivity index (χ3v) is 6.84. The van der Waals surface area contributed by atoms with Gasteiger partial charge in [0.05, 0.1) is 36.4 Å². The summed E-state index contributed by atoms with van der Waals surface area (Å²) in [4.78, 5) is 54.6. The van der Waals surface area contributed by atoms with Gasteiger partial charge in [0.1, 0.15) is 23.6 Å². The number of rotatable bonds is 2. The van der Waals surface area contributed by atoms with E-state index >= 15 is 0 Å². The summed E-state index contributed by atoms with van der Waals surface area (Å²) < 4.78 is 11.3. The molecule has 0 aliphatic carbocycles. The van der Waals surface area contributed by atoms with Crippen molar-refractivity contribution in [3.63, 3.8) is 0 Å². The first-order valence-corrected chi connectivity index (χ1v) is 9.69. The lowest BCUT2D eigenvalue weighted by Crippen LogP contribution is -2.49. The number of furan rings is 2. The van der Waals surface area contributed by atoms with Crippen molar-refractivity contribution < 1.29 is 28.0 Å². The quantitative estimate of drug-likeness (QED) is 0.645. The number of hydrogen-bond donors (Lipinski definition) is 0. The summed E-state index contributed by atoms with van der Waals surface area (Å²) in [6, 6.07) is 3.80. The standard InChI is InChI=1S/C20H18N4O6/c1-21-17(25)11-13(9-5-3-7-29-9)24-16-12(18(26)22(2)20(16)28)14(10-6-4-8-30-10)23(24)15(11)19(21)27/h3-8,11-16H,1-2H3/t11-,12-,13+,14+,15-,16+/m1/s1. The molecule has 30 heavy (non-hydrogen) atoms. The van der Waals surface area contributed by atoms with E-state index in [1.807, 2.05) is 0 Å². The first-order valence-electron chi connectivity index (χ1n) is 9.69. The number of likely N-dealkylation sites (N-methyl/N-ethyl adjacent to an activating group) is 2. The van der Waals surface area contributed by atoms with Crippen molar-refractivity contribution in [1.29, 1.82) is 0 Å². The molecule has 4 aliphatic rings. The number of nitrogens with zero attached hydrogens (tertiary/aromatic N) is 4. The number of amides is 4. The fourth-order valence-corrected chi connectivity index (χ4v) is 5.59. The second kappa shape index (κ2) is 5.67. The molecule has 10 heteroatoms. The smallest absolute Gasteiger partial charge is 0.248 e. The van der Waals surface area contributed by atoms with E-state index in [1.165, 1.54) is 26.6 Å². The minimum absolute atomic E-state index is 0.333. The third-order valence-electron chi connectivity index (χ3n) is 6.84. The molecule has 0 saturated carbocycles. The Bertz CT molecular complexity index is 993. The molecular weight excluding hydrogens is 392 g/mol. The van der Waals surface area contributed by atoms with Crippen LogP contribution in [0.25, 0.3) is 0 Å². The average molecular weight is 410 g/mol. The summed E-state index contributed by atoms with van der Waals surface area (Å²) >= 11 is 0. The van der Waals surface area contributed by atoms with Crippen LogP contribution in [0.15, 0.2) is 45.6 Å². The summed E-state index contributed by atoms with van der Waals surface area (Å²) in [6.45, 7) is 0. The van der Waals surface area contributed by atoms with Crippen LogP contribution in [0, 0.1) is 11.8 Å². The van der Waals surface area contributed by atoms with Crippen LogP contribution < -0.4 is 0 Å². The van der Waals surface area contributed by atoms with Crippen molar-refractivity contribution >= 4 is 23.6 Å². The molecule has 154 valence electrons. The Hall–Kier alpha value is -3.24. The number of likely N-dealkylation sites (tertiary alicyclic amines) is 2. The van der Waals surface area contributed by atoms with Gasteiger partial charge in [-0.1, -0.05) is 0 Å². The van der Waals surface area contributed by atoms with Gasteiger partial charge in [0, 0.05) is 14.1 Å². The Balaban J connectivity index is 1.59. The van der Waals surface area contributed by atoms with Crippen molar-refractivity contribution in [3.05, 3.63) is 48.3 Å². The maximum absolute atomic E-state index is 13.1. The minimum atomic E-state index is -0.843. The Labute approximate surface area is 170 Å². The summed E-state index contributed by atoms with van der Waals surface area (Å²) in [5.74, 6) is -1.96. The molecule has 4 amide bonds. The van der Waals surface area contributed by atoms with Crippen LogP contribution in [0.5, 0.6) is 0 Å². The van der Waals surface area contributed by atoms with Gasteiger partial charge in [0.25, 0.3) is 0 Å². The largest absolute Gasteiger partial charge is 0.468 e. The van der Waals surface area contributed by atoms with Crippen molar-refractivity contribution in [2.24, 2.45) is 11.8 Å². The molecule has 4 aliphatic heterocycles. The summed E-state index contributed by atoms with van der Waals surface area (Å²) in [5.41, 5.74) is 0. The Morgan fingerprint density at radius 3 is 1.37 bits per heavy atom.